The van der Waals surface area contributed by atoms with E-state index in [-0.39, 0.29) is 30.0 Å². The number of piperazine rings is 1. The van der Waals surface area contributed by atoms with Gasteiger partial charge in [0.1, 0.15) is 11.6 Å². The molecule has 1 aliphatic rings. The molecule has 0 aromatic carbocycles. The van der Waals surface area contributed by atoms with Gasteiger partial charge in [-0.1, -0.05) is 6.07 Å². The Labute approximate surface area is 184 Å². The van der Waals surface area contributed by atoms with Gasteiger partial charge in [0.2, 0.25) is 0 Å². The Morgan fingerprint density at radius 2 is 2.00 bits per heavy atom. The molecule has 0 bridgehead atoms. The Morgan fingerprint density at radius 1 is 1.21 bits per heavy atom. The Bertz CT molecular complexity index is 699. The van der Waals surface area contributed by atoms with Crippen LogP contribution in [-0.4, -0.2) is 74.1 Å². The SMILES string of the molecule is CCNC(=NCC(c1ccco1)N(C)C)N1CCN(c2ccccn2)CC1.I. The predicted octanol–water partition coefficient (Wildman–Crippen LogP) is 2.68. The number of aromatic nitrogens is 1. The van der Waals surface area contributed by atoms with Crippen LogP contribution in [0.4, 0.5) is 5.82 Å². The molecule has 1 atom stereocenters. The first-order valence-corrected chi connectivity index (χ1v) is 9.58. The van der Waals surface area contributed by atoms with E-state index in [1.165, 1.54) is 0 Å². The topological polar surface area (TPSA) is 60.1 Å². The molecule has 28 heavy (non-hydrogen) atoms. The summed E-state index contributed by atoms with van der Waals surface area (Å²) < 4.78 is 5.60. The second-order valence-electron chi connectivity index (χ2n) is 6.85. The average molecular weight is 498 g/mol. The van der Waals surface area contributed by atoms with Gasteiger partial charge in [0.15, 0.2) is 5.96 Å². The van der Waals surface area contributed by atoms with Crippen molar-refractivity contribution < 1.29 is 4.42 Å². The number of rotatable bonds is 6. The molecule has 2 aromatic heterocycles. The van der Waals surface area contributed by atoms with Gasteiger partial charge in [-0.15, -0.1) is 24.0 Å². The third kappa shape index (κ3) is 5.84. The van der Waals surface area contributed by atoms with Gasteiger partial charge in [-0.25, -0.2) is 4.98 Å². The molecule has 0 spiro atoms. The second-order valence-corrected chi connectivity index (χ2v) is 6.85. The van der Waals surface area contributed by atoms with Crippen LogP contribution in [0.15, 0.2) is 52.2 Å². The number of pyridine rings is 1. The highest BCUT2D eigenvalue weighted by Gasteiger charge is 2.22. The minimum Gasteiger partial charge on any atom is -0.468 e. The summed E-state index contributed by atoms with van der Waals surface area (Å²) in [6, 6.07) is 10.1. The van der Waals surface area contributed by atoms with E-state index in [4.69, 9.17) is 9.41 Å². The third-order valence-corrected chi connectivity index (χ3v) is 4.80. The van der Waals surface area contributed by atoms with Crippen molar-refractivity contribution in [1.82, 2.24) is 20.1 Å². The molecule has 2 aromatic rings. The predicted molar refractivity (Wildman–Crippen MR) is 125 cm³/mol. The highest BCUT2D eigenvalue weighted by molar-refractivity contribution is 14.0. The van der Waals surface area contributed by atoms with Crippen molar-refractivity contribution in [3.05, 3.63) is 48.6 Å². The lowest BCUT2D eigenvalue weighted by Crippen LogP contribution is -2.53. The van der Waals surface area contributed by atoms with Gasteiger partial charge in [0, 0.05) is 38.9 Å². The maximum Gasteiger partial charge on any atom is 0.194 e. The zero-order valence-electron chi connectivity index (χ0n) is 16.9. The molecule has 8 heteroatoms. The average Bonchev–Trinajstić information content (AvgIpc) is 3.22. The fourth-order valence-corrected chi connectivity index (χ4v) is 3.28. The summed E-state index contributed by atoms with van der Waals surface area (Å²) in [4.78, 5) is 16.2. The lowest BCUT2D eigenvalue weighted by atomic mass is 10.2. The van der Waals surface area contributed by atoms with Gasteiger partial charge < -0.3 is 19.5 Å². The summed E-state index contributed by atoms with van der Waals surface area (Å²) in [7, 11) is 4.11. The molecule has 7 nitrogen and oxygen atoms in total. The third-order valence-electron chi connectivity index (χ3n) is 4.80. The lowest BCUT2D eigenvalue weighted by Gasteiger charge is -2.37. The molecule has 1 fully saturated rings. The molecule has 0 amide bonds. The standard InChI is InChI=1S/C20H30N6O.HI/c1-4-21-20(23-16-17(24(2)3)18-8-7-15-27-18)26-13-11-25(12-14-26)19-9-5-6-10-22-19;/h5-10,15,17H,4,11-14,16H2,1-3H3,(H,21,23);1H. The van der Waals surface area contributed by atoms with E-state index in [0.29, 0.717) is 6.54 Å². The van der Waals surface area contributed by atoms with Crippen LogP contribution in [-0.2, 0) is 0 Å². The number of hydrogen-bond donors (Lipinski definition) is 1. The summed E-state index contributed by atoms with van der Waals surface area (Å²) in [6.45, 7) is 7.35. The monoisotopic (exact) mass is 498 g/mol. The number of nitrogens with one attached hydrogen (secondary N) is 1. The number of nitrogens with zero attached hydrogens (tertiary/aromatic N) is 5. The Balaban J connectivity index is 0.00000280. The van der Waals surface area contributed by atoms with Gasteiger partial charge in [-0.3, -0.25) is 9.89 Å². The molecule has 1 aliphatic heterocycles. The molecular formula is C20H31IN6O. The van der Waals surface area contributed by atoms with Crippen LogP contribution in [0, 0.1) is 0 Å². The second kappa shape index (κ2) is 11.3. The minimum atomic E-state index is 0. The molecule has 0 saturated carbocycles. The van der Waals surface area contributed by atoms with E-state index < -0.39 is 0 Å². The number of hydrogen-bond acceptors (Lipinski definition) is 5. The van der Waals surface area contributed by atoms with E-state index in [1.54, 1.807) is 6.26 Å². The Hall–Kier alpha value is -1.81. The zero-order valence-corrected chi connectivity index (χ0v) is 19.2. The zero-order chi connectivity index (χ0) is 19.1. The van der Waals surface area contributed by atoms with Crippen molar-refractivity contribution in [3.63, 3.8) is 0 Å². The van der Waals surface area contributed by atoms with E-state index in [1.807, 2.05) is 30.5 Å². The number of aliphatic imine (C=N–C) groups is 1. The smallest absolute Gasteiger partial charge is 0.194 e. The normalized spacial score (nSPS) is 16.1. The molecule has 0 aliphatic carbocycles. The number of likely N-dealkylation sites (N-methyl/N-ethyl adjacent to an activating group) is 1. The maximum absolute atomic E-state index is 5.60. The molecule has 3 heterocycles. The van der Waals surface area contributed by atoms with Crippen LogP contribution in [0.2, 0.25) is 0 Å². The largest absolute Gasteiger partial charge is 0.468 e. The number of guanidine groups is 1. The molecule has 0 radical (unpaired) electrons. The summed E-state index contributed by atoms with van der Waals surface area (Å²) in [6.07, 6.45) is 3.57. The Morgan fingerprint density at radius 3 is 2.57 bits per heavy atom. The fraction of sp³-hybridized carbons (Fsp3) is 0.500. The summed E-state index contributed by atoms with van der Waals surface area (Å²) >= 11 is 0. The molecular weight excluding hydrogens is 467 g/mol. The minimum absolute atomic E-state index is 0. The van der Waals surface area contributed by atoms with E-state index in [2.05, 4.69) is 52.1 Å². The van der Waals surface area contributed by atoms with Crippen molar-refractivity contribution in [2.24, 2.45) is 4.99 Å². The van der Waals surface area contributed by atoms with Crippen molar-refractivity contribution in [1.29, 1.82) is 0 Å². The van der Waals surface area contributed by atoms with Crippen LogP contribution in [0.1, 0.15) is 18.7 Å². The van der Waals surface area contributed by atoms with E-state index >= 15 is 0 Å². The van der Waals surface area contributed by atoms with Crippen LogP contribution >= 0.6 is 24.0 Å². The summed E-state index contributed by atoms with van der Waals surface area (Å²) in [5, 5.41) is 3.44. The lowest BCUT2D eigenvalue weighted by molar-refractivity contribution is 0.263. The van der Waals surface area contributed by atoms with Crippen molar-refractivity contribution >= 4 is 35.8 Å². The van der Waals surface area contributed by atoms with E-state index in [9.17, 15) is 0 Å². The number of halogens is 1. The molecule has 154 valence electrons. The van der Waals surface area contributed by atoms with Crippen LogP contribution in [0.25, 0.3) is 0 Å². The first kappa shape index (κ1) is 22.5. The van der Waals surface area contributed by atoms with Crippen molar-refractivity contribution in [2.75, 3.05) is 58.3 Å². The quantitative estimate of drug-likeness (QED) is 0.376. The fourth-order valence-electron chi connectivity index (χ4n) is 3.28. The highest BCUT2D eigenvalue weighted by Crippen LogP contribution is 2.19. The van der Waals surface area contributed by atoms with Gasteiger partial charge in [0.05, 0.1) is 18.8 Å². The maximum atomic E-state index is 5.60. The van der Waals surface area contributed by atoms with Gasteiger partial charge in [-0.05, 0) is 45.3 Å². The Kier molecular flexibility index (Phi) is 9.04. The van der Waals surface area contributed by atoms with Gasteiger partial charge >= 0.3 is 0 Å². The van der Waals surface area contributed by atoms with Gasteiger partial charge in [0.25, 0.3) is 0 Å². The van der Waals surface area contributed by atoms with Crippen LogP contribution in [0.5, 0.6) is 0 Å². The van der Waals surface area contributed by atoms with E-state index in [0.717, 1.165) is 50.3 Å². The first-order valence-electron chi connectivity index (χ1n) is 9.58. The van der Waals surface area contributed by atoms with Crippen LogP contribution in [0.3, 0.4) is 0 Å². The summed E-state index contributed by atoms with van der Waals surface area (Å²) in [5.74, 6) is 2.96. The van der Waals surface area contributed by atoms with Crippen LogP contribution < -0.4 is 10.2 Å². The van der Waals surface area contributed by atoms with Crippen molar-refractivity contribution in [3.8, 4) is 0 Å². The first-order chi connectivity index (χ1) is 13.2. The molecule has 1 N–H and O–H groups in total. The highest BCUT2D eigenvalue weighted by atomic mass is 127. The van der Waals surface area contributed by atoms with Gasteiger partial charge in [-0.2, -0.15) is 0 Å². The number of anilines is 1. The molecule has 3 rings (SSSR count). The number of furan rings is 1. The molecule has 1 saturated heterocycles. The summed E-state index contributed by atoms with van der Waals surface area (Å²) in [5.41, 5.74) is 0. The van der Waals surface area contributed by atoms with Crippen molar-refractivity contribution in [2.45, 2.75) is 13.0 Å². The molecule has 1 unspecified atom stereocenters.